The number of aliphatic hydroxyl groups is 1. The fourth-order valence-corrected chi connectivity index (χ4v) is 2.22. The molecule has 0 saturated carbocycles. The van der Waals surface area contributed by atoms with Crippen LogP contribution in [-0.4, -0.2) is 30.5 Å². The number of hydrogen-bond donors (Lipinski definition) is 2. The SMILES string of the molecule is COc1cc(C=CC(O)CC=Cc2ccccc2)cc(OC)c1O. The number of phenols is 1. The van der Waals surface area contributed by atoms with E-state index in [9.17, 15) is 10.2 Å². The van der Waals surface area contributed by atoms with Crippen LogP contribution >= 0.6 is 0 Å². The lowest BCUT2D eigenvalue weighted by Gasteiger charge is -2.09. The molecule has 0 radical (unpaired) electrons. The molecule has 4 nitrogen and oxygen atoms in total. The average molecular weight is 326 g/mol. The molecule has 126 valence electrons. The molecule has 0 aromatic heterocycles. The van der Waals surface area contributed by atoms with Crippen molar-refractivity contribution in [3.63, 3.8) is 0 Å². The molecule has 1 atom stereocenters. The van der Waals surface area contributed by atoms with Gasteiger partial charge in [0, 0.05) is 0 Å². The molecular weight excluding hydrogens is 304 g/mol. The molecule has 0 aliphatic rings. The van der Waals surface area contributed by atoms with E-state index in [0.717, 1.165) is 11.1 Å². The van der Waals surface area contributed by atoms with Gasteiger partial charge in [-0.15, -0.1) is 0 Å². The summed E-state index contributed by atoms with van der Waals surface area (Å²) in [6, 6.07) is 13.3. The Labute approximate surface area is 142 Å². The fraction of sp³-hybridized carbons (Fsp3) is 0.200. The second-order valence-corrected chi connectivity index (χ2v) is 5.25. The van der Waals surface area contributed by atoms with E-state index < -0.39 is 6.10 Å². The number of methoxy groups -OCH3 is 2. The van der Waals surface area contributed by atoms with Crippen molar-refractivity contribution in [2.24, 2.45) is 0 Å². The first kappa shape index (κ1) is 17.6. The molecule has 0 fully saturated rings. The lowest BCUT2D eigenvalue weighted by atomic mass is 10.1. The monoisotopic (exact) mass is 326 g/mol. The van der Waals surface area contributed by atoms with Crippen molar-refractivity contribution in [3.8, 4) is 17.2 Å². The molecule has 1 unspecified atom stereocenters. The van der Waals surface area contributed by atoms with Crippen molar-refractivity contribution >= 4 is 12.2 Å². The highest BCUT2D eigenvalue weighted by molar-refractivity contribution is 5.61. The maximum Gasteiger partial charge on any atom is 0.200 e. The van der Waals surface area contributed by atoms with Gasteiger partial charge in [-0.05, 0) is 29.7 Å². The van der Waals surface area contributed by atoms with E-state index in [1.807, 2.05) is 42.5 Å². The first-order chi connectivity index (χ1) is 11.6. The topological polar surface area (TPSA) is 58.9 Å². The number of aliphatic hydroxyl groups excluding tert-OH is 1. The van der Waals surface area contributed by atoms with Gasteiger partial charge in [0.25, 0.3) is 0 Å². The zero-order valence-corrected chi connectivity index (χ0v) is 13.8. The number of aromatic hydroxyl groups is 1. The van der Waals surface area contributed by atoms with Gasteiger partial charge in [0.05, 0.1) is 20.3 Å². The lowest BCUT2D eigenvalue weighted by molar-refractivity contribution is 0.228. The van der Waals surface area contributed by atoms with E-state index in [2.05, 4.69) is 0 Å². The Bertz CT molecular complexity index is 680. The third kappa shape index (κ3) is 4.89. The van der Waals surface area contributed by atoms with Crippen LogP contribution in [0.5, 0.6) is 17.2 Å². The quantitative estimate of drug-likeness (QED) is 0.810. The highest BCUT2D eigenvalue weighted by Crippen LogP contribution is 2.37. The van der Waals surface area contributed by atoms with Crippen LogP contribution in [0.1, 0.15) is 17.5 Å². The van der Waals surface area contributed by atoms with Crippen molar-refractivity contribution in [1.82, 2.24) is 0 Å². The minimum atomic E-state index is -0.601. The van der Waals surface area contributed by atoms with Crippen molar-refractivity contribution in [1.29, 1.82) is 0 Å². The first-order valence-corrected chi connectivity index (χ1v) is 7.67. The van der Waals surface area contributed by atoms with Crippen molar-refractivity contribution in [3.05, 3.63) is 65.7 Å². The van der Waals surface area contributed by atoms with E-state index in [4.69, 9.17) is 9.47 Å². The van der Waals surface area contributed by atoms with Crippen molar-refractivity contribution in [2.45, 2.75) is 12.5 Å². The highest BCUT2D eigenvalue weighted by Gasteiger charge is 2.10. The number of rotatable bonds is 7. The van der Waals surface area contributed by atoms with Crippen LogP contribution in [-0.2, 0) is 0 Å². The Balaban J connectivity index is 2.01. The molecule has 0 saturated heterocycles. The molecule has 2 rings (SSSR count). The highest BCUT2D eigenvalue weighted by atomic mass is 16.5. The molecule has 0 spiro atoms. The van der Waals surface area contributed by atoms with Crippen LogP contribution in [0.2, 0.25) is 0 Å². The third-order valence-electron chi connectivity index (χ3n) is 3.50. The average Bonchev–Trinajstić information content (AvgIpc) is 2.61. The zero-order chi connectivity index (χ0) is 17.4. The fourth-order valence-electron chi connectivity index (χ4n) is 2.22. The number of ether oxygens (including phenoxy) is 2. The number of benzene rings is 2. The van der Waals surface area contributed by atoms with Gasteiger partial charge in [0.15, 0.2) is 11.5 Å². The van der Waals surface area contributed by atoms with Gasteiger partial charge in [0.2, 0.25) is 5.75 Å². The van der Waals surface area contributed by atoms with E-state index >= 15 is 0 Å². The van der Waals surface area contributed by atoms with Gasteiger partial charge in [0.1, 0.15) is 0 Å². The maximum absolute atomic E-state index is 10.0. The summed E-state index contributed by atoms with van der Waals surface area (Å²) in [5.41, 5.74) is 1.87. The maximum atomic E-state index is 10.0. The Hall–Kier alpha value is -2.72. The predicted octanol–water partition coefficient (Wildman–Crippen LogP) is 3.89. The van der Waals surface area contributed by atoms with Gasteiger partial charge in [-0.3, -0.25) is 0 Å². The van der Waals surface area contributed by atoms with Crippen LogP contribution < -0.4 is 9.47 Å². The number of hydrogen-bond acceptors (Lipinski definition) is 4. The lowest BCUT2D eigenvalue weighted by Crippen LogP contribution is -1.99. The molecule has 0 bridgehead atoms. The Kier molecular flexibility index (Phi) is 6.46. The predicted molar refractivity (Wildman–Crippen MR) is 96.3 cm³/mol. The normalized spacial score (nSPS) is 12.6. The minimum absolute atomic E-state index is 0.0384. The summed E-state index contributed by atoms with van der Waals surface area (Å²) in [7, 11) is 2.95. The second kappa shape index (κ2) is 8.79. The van der Waals surface area contributed by atoms with Crippen LogP contribution in [0.15, 0.2) is 54.6 Å². The summed E-state index contributed by atoms with van der Waals surface area (Å²) in [6.07, 6.45) is 7.28. The van der Waals surface area contributed by atoms with Crippen molar-refractivity contribution < 1.29 is 19.7 Å². The molecule has 0 aliphatic heterocycles. The first-order valence-electron chi connectivity index (χ1n) is 7.67. The van der Waals surface area contributed by atoms with Crippen LogP contribution in [0, 0.1) is 0 Å². The van der Waals surface area contributed by atoms with E-state index in [1.165, 1.54) is 14.2 Å². The molecule has 24 heavy (non-hydrogen) atoms. The van der Waals surface area contributed by atoms with Gasteiger partial charge in [-0.2, -0.15) is 0 Å². The molecule has 2 aromatic rings. The summed E-state index contributed by atoms with van der Waals surface area (Å²) in [4.78, 5) is 0. The summed E-state index contributed by atoms with van der Waals surface area (Å²) in [5.74, 6) is 0.614. The Morgan fingerprint density at radius 1 is 0.958 bits per heavy atom. The van der Waals surface area contributed by atoms with E-state index in [0.29, 0.717) is 17.9 Å². The Morgan fingerprint density at radius 3 is 2.17 bits per heavy atom. The van der Waals surface area contributed by atoms with Crippen LogP contribution in [0.4, 0.5) is 0 Å². The molecular formula is C20H22O4. The van der Waals surface area contributed by atoms with Crippen LogP contribution in [0.25, 0.3) is 12.2 Å². The third-order valence-corrected chi connectivity index (χ3v) is 3.50. The molecule has 2 aromatic carbocycles. The van der Waals surface area contributed by atoms with E-state index in [-0.39, 0.29) is 5.75 Å². The molecule has 2 N–H and O–H groups in total. The summed E-state index contributed by atoms with van der Waals surface area (Å²) in [6.45, 7) is 0. The summed E-state index contributed by atoms with van der Waals surface area (Å²) < 4.78 is 10.2. The summed E-state index contributed by atoms with van der Waals surface area (Å²) >= 11 is 0. The minimum Gasteiger partial charge on any atom is -0.502 e. The van der Waals surface area contributed by atoms with Crippen molar-refractivity contribution in [2.75, 3.05) is 14.2 Å². The van der Waals surface area contributed by atoms with Crippen LogP contribution in [0.3, 0.4) is 0 Å². The zero-order valence-electron chi connectivity index (χ0n) is 13.8. The molecule has 0 heterocycles. The smallest absolute Gasteiger partial charge is 0.200 e. The van der Waals surface area contributed by atoms with Gasteiger partial charge in [-0.1, -0.05) is 54.6 Å². The molecule has 4 heteroatoms. The van der Waals surface area contributed by atoms with Gasteiger partial charge < -0.3 is 19.7 Å². The molecule has 0 aliphatic carbocycles. The molecule has 0 amide bonds. The number of phenolic OH excluding ortho intramolecular Hbond substituents is 1. The van der Waals surface area contributed by atoms with Gasteiger partial charge in [-0.25, -0.2) is 0 Å². The van der Waals surface area contributed by atoms with Gasteiger partial charge >= 0.3 is 0 Å². The summed E-state index contributed by atoms with van der Waals surface area (Å²) in [5, 5.41) is 19.9. The standard InChI is InChI=1S/C20H22O4/c1-23-18-13-16(14-19(24-2)20(18)22)11-12-17(21)10-6-9-15-7-4-3-5-8-15/h3-9,11-14,17,21-22H,10H2,1-2H3. The second-order valence-electron chi connectivity index (χ2n) is 5.25. The van der Waals surface area contributed by atoms with E-state index in [1.54, 1.807) is 24.3 Å². The largest absolute Gasteiger partial charge is 0.502 e. The Morgan fingerprint density at radius 2 is 1.58 bits per heavy atom.